The molecule has 5 atom stereocenters. The second kappa shape index (κ2) is 17.3. The number of benzene rings is 2. The number of ether oxygens (including phenoxy) is 1. The van der Waals surface area contributed by atoms with E-state index in [0.29, 0.717) is 34.5 Å². The Bertz CT molecular complexity index is 2180. The average molecular weight is 841 g/mol. The van der Waals surface area contributed by atoms with Gasteiger partial charge in [-0.05, 0) is 74.5 Å². The van der Waals surface area contributed by atoms with Crippen LogP contribution in [0.5, 0.6) is 5.75 Å². The molecule has 3 aromatic heterocycles. The van der Waals surface area contributed by atoms with Crippen molar-refractivity contribution in [2.24, 2.45) is 5.92 Å². The van der Waals surface area contributed by atoms with Crippen molar-refractivity contribution < 1.29 is 42.1 Å². The number of carbonyl (C=O) groups excluding carboxylic acids is 2. The Morgan fingerprint density at radius 2 is 1.86 bits per heavy atom. The van der Waals surface area contributed by atoms with Gasteiger partial charge in [-0.1, -0.05) is 29.8 Å². The first-order valence-electron chi connectivity index (χ1n) is 18.9. The number of piperazine rings is 1. The molecule has 0 radical (unpaired) electrons. The number of hydrogen-bond acceptors (Lipinski definition) is 11. The molecule has 7 rings (SSSR count). The summed E-state index contributed by atoms with van der Waals surface area (Å²) in [6, 6.07) is 16.2. The SMILES string of the molecule is CC(C)(c1ncc(-c2ccc(Cl)cc2)o1)N1CCN(C[C@@H](O)C[C@@H](Cc2cc3ccncc3s2)C(=O)N[C@H]2c3ccccc3OC[C@H]2O)[C@H](C(=O)NCC(F)(F)F)C1. The zero-order valence-corrected chi connectivity index (χ0v) is 33.4. The van der Waals surface area contributed by atoms with Crippen molar-refractivity contribution in [1.29, 1.82) is 0 Å². The minimum absolute atomic E-state index is 0.00283. The largest absolute Gasteiger partial charge is 0.490 e. The number of aliphatic hydroxyl groups excluding tert-OH is 2. The molecule has 58 heavy (non-hydrogen) atoms. The van der Waals surface area contributed by atoms with E-state index in [2.05, 4.69) is 15.3 Å². The summed E-state index contributed by atoms with van der Waals surface area (Å²) in [6.07, 6.45) is -1.57. The average Bonchev–Trinajstić information content (AvgIpc) is 3.86. The maximum Gasteiger partial charge on any atom is 0.405 e. The summed E-state index contributed by atoms with van der Waals surface area (Å²) in [5.74, 6) is -0.625. The third-order valence-corrected chi connectivity index (χ3v) is 12.1. The molecule has 2 aromatic carbocycles. The number of amides is 2. The monoisotopic (exact) mass is 840 g/mol. The minimum atomic E-state index is -4.63. The molecule has 5 aromatic rings. The molecule has 2 aliphatic heterocycles. The molecule has 17 heteroatoms. The zero-order chi connectivity index (χ0) is 41.2. The predicted octanol–water partition coefficient (Wildman–Crippen LogP) is 5.73. The fourth-order valence-electron chi connectivity index (χ4n) is 7.57. The minimum Gasteiger partial charge on any atom is -0.490 e. The van der Waals surface area contributed by atoms with Crippen LogP contribution in [0.15, 0.2) is 83.7 Å². The summed E-state index contributed by atoms with van der Waals surface area (Å²) in [5, 5.41) is 29.1. The van der Waals surface area contributed by atoms with Crippen LogP contribution in [-0.2, 0) is 21.5 Å². The van der Waals surface area contributed by atoms with Gasteiger partial charge in [0.2, 0.25) is 17.7 Å². The number of nitrogens with zero attached hydrogens (tertiary/aromatic N) is 4. The van der Waals surface area contributed by atoms with Crippen LogP contribution < -0.4 is 15.4 Å². The third kappa shape index (κ3) is 9.64. The normalized spacial score (nSPS) is 20.2. The van der Waals surface area contributed by atoms with E-state index in [0.717, 1.165) is 20.5 Å². The van der Waals surface area contributed by atoms with Gasteiger partial charge < -0.3 is 30.0 Å². The van der Waals surface area contributed by atoms with Crippen molar-refractivity contribution in [1.82, 2.24) is 30.4 Å². The first kappa shape index (κ1) is 41.6. The van der Waals surface area contributed by atoms with Gasteiger partial charge in [0.25, 0.3) is 0 Å². The molecule has 1 fully saturated rings. The maximum atomic E-state index is 14.2. The summed E-state index contributed by atoms with van der Waals surface area (Å²) in [4.78, 5) is 40.9. The predicted molar refractivity (Wildman–Crippen MR) is 212 cm³/mol. The van der Waals surface area contributed by atoms with Gasteiger partial charge in [0.1, 0.15) is 31.0 Å². The molecular formula is C41H44ClF3N6O6S. The van der Waals surface area contributed by atoms with E-state index in [1.807, 2.05) is 36.2 Å². The van der Waals surface area contributed by atoms with E-state index >= 15 is 0 Å². The summed E-state index contributed by atoms with van der Waals surface area (Å²) in [5.41, 5.74) is 0.502. The summed E-state index contributed by atoms with van der Waals surface area (Å²) >= 11 is 7.53. The molecule has 0 bridgehead atoms. The third-order valence-electron chi connectivity index (χ3n) is 10.7. The number of β-amino-alcohol motifs (C(OH)–C–C–N with tert-alkyl or cyclic N) is 1. The van der Waals surface area contributed by atoms with Crippen molar-refractivity contribution in [3.63, 3.8) is 0 Å². The van der Waals surface area contributed by atoms with Crippen molar-refractivity contribution in [2.45, 2.75) is 62.7 Å². The van der Waals surface area contributed by atoms with E-state index in [1.165, 1.54) is 11.3 Å². The van der Waals surface area contributed by atoms with Crippen molar-refractivity contribution in [2.75, 3.05) is 39.3 Å². The molecule has 0 saturated carbocycles. The number of hydrogen-bond donors (Lipinski definition) is 4. The molecule has 2 amide bonds. The number of pyridine rings is 1. The highest BCUT2D eigenvalue weighted by atomic mass is 35.5. The lowest BCUT2D eigenvalue weighted by molar-refractivity contribution is -0.144. The fourth-order valence-corrected chi connectivity index (χ4v) is 8.81. The molecule has 5 heterocycles. The molecule has 2 aliphatic rings. The number of fused-ring (bicyclic) bond motifs is 2. The first-order chi connectivity index (χ1) is 27.6. The summed E-state index contributed by atoms with van der Waals surface area (Å²) < 4.78 is 52.7. The molecule has 1 saturated heterocycles. The van der Waals surface area contributed by atoms with Crippen molar-refractivity contribution in [3.8, 4) is 17.1 Å². The van der Waals surface area contributed by atoms with E-state index in [4.69, 9.17) is 20.8 Å². The van der Waals surface area contributed by atoms with Gasteiger partial charge in [-0.25, -0.2) is 4.98 Å². The highest BCUT2D eigenvalue weighted by Gasteiger charge is 2.43. The van der Waals surface area contributed by atoms with Gasteiger partial charge in [-0.3, -0.25) is 24.4 Å². The van der Waals surface area contributed by atoms with Crippen molar-refractivity contribution in [3.05, 3.63) is 101 Å². The quantitative estimate of drug-likeness (QED) is 0.116. The van der Waals surface area contributed by atoms with Crippen LogP contribution in [0.25, 0.3) is 21.4 Å². The van der Waals surface area contributed by atoms with E-state index in [1.54, 1.807) is 72.0 Å². The Labute approximate surface area is 342 Å². The van der Waals surface area contributed by atoms with Gasteiger partial charge in [0, 0.05) is 65.5 Å². The number of halogens is 4. The highest BCUT2D eigenvalue weighted by molar-refractivity contribution is 7.19. The lowest BCUT2D eigenvalue weighted by Gasteiger charge is -2.46. The number of aromatic nitrogens is 2. The fraction of sp³-hybridized carbons (Fsp3) is 0.415. The Balaban J connectivity index is 1.09. The summed E-state index contributed by atoms with van der Waals surface area (Å²) in [6.45, 7) is 2.67. The molecule has 0 spiro atoms. The molecule has 4 N–H and O–H groups in total. The highest BCUT2D eigenvalue weighted by Crippen LogP contribution is 2.35. The van der Waals surface area contributed by atoms with Gasteiger partial charge in [0.05, 0.1) is 28.6 Å². The van der Waals surface area contributed by atoms with Crippen LogP contribution in [0.4, 0.5) is 13.2 Å². The maximum absolute atomic E-state index is 14.2. The van der Waals surface area contributed by atoms with E-state index < -0.39 is 60.3 Å². The molecule has 0 aliphatic carbocycles. The second-order valence-electron chi connectivity index (χ2n) is 15.2. The van der Waals surface area contributed by atoms with Crippen LogP contribution in [-0.4, -0.2) is 106 Å². The van der Waals surface area contributed by atoms with Gasteiger partial charge in [0.15, 0.2) is 5.76 Å². The Morgan fingerprint density at radius 1 is 1.09 bits per heavy atom. The van der Waals surface area contributed by atoms with Gasteiger partial charge in [-0.2, -0.15) is 13.2 Å². The number of aliphatic hydroxyl groups is 2. The van der Waals surface area contributed by atoms with E-state index in [-0.39, 0.29) is 39.1 Å². The zero-order valence-electron chi connectivity index (χ0n) is 31.8. The smallest absolute Gasteiger partial charge is 0.405 e. The Morgan fingerprint density at radius 3 is 2.62 bits per heavy atom. The van der Waals surface area contributed by atoms with Gasteiger partial charge in [-0.15, -0.1) is 11.3 Å². The van der Waals surface area contributed by atoms with Crippen LogP contribution >= 0.6 is 22.9 Å². The molecule has 0 unspecified atom stereocenters. The number of alkyl halides is 3. The number of para-hydroxylation sites is 1. The lowest BCUT2D eigenvalue weighted by atomic mass is 9.92. The van der Waals surface area contributed by atoms with Crippen LogP contribution in [0.2, 0.25) is 5.02 Å². The first-order valence-corrected chi connectivity index (χ1v) is 20.1. The standard InChI is InChI=1S/C41H44ClF3N6O6S/c1-40(2,39-47-18-34(57-39)24-7-9-27(42)10-8-24)51-14-13-50(31(21-51)38(55)48-23-41(43,44)45)20-28(52)15-26(17-29-16-25-11-12-46-19-35(25)58-29)37(54)49-36-30-5-3-4-6-33(30)56-22-32(36)53/h3-12,16,18-19,26,28,31-32,36,52-53H,13-15,17,20-23H2,1-2H3,(H,48,55)(H,49,54)/t26-,28-,31-,32+,36-/m0/s1. The van der Waals surface area contributed by atoms with Crippen LogP contribution in [0.3, 0.4) is 0 Å². The number of rotatable bonds is 13. The number of thiophene rings is 1. The van der Waals surface area contributed by atoms with Crippen molar-refractivity contribution >= 4 is 44.8 Å². The Hall–Kier alpha value is -4.58. The summed E-state index contributed by atoms with van der Waals surface area (Å²) in [7, 11) is 0. The number of oxazole rings is 1. The molecule has 308 valence electrons. The van der Waals surface area contributed by atoms with E-state index in [9.17, 15) is 33.0 Å². The second-order valence-corrected chi connectivity index (χ2v) is 16.8. The molecule has 12 nitrogen and oxygen atoms in total. The molecular weight excluding hydrogens is 797 g/mol. The van der Waals surface area contributed by atoms with Gasteiger partial charge >= 0.3 is 6.18 Å². The number of carbonyl (C=O) groups is 2. The topological polar surface area (TPSA) is 153 Å². The van der Waals surface area contributed by atoms with Crippen LogP contribution in [0.1, 0.15) is 42.6 Å². The lowest BCUT2D eigenvalue weighted by Crippen LogP contribution is -2.63. The Kier molecular flexibility index (Phi) is 12.4. The van der Waals surface area contributed by atoms with Crippen LogP contribution in [0, 0.1) is 5.92 Å². The number of nitrogens with one attached hydrogen (secondary N) is 2.